The molecule has 1 heterocycles. The number of hydrogen-bond acceptors (Lipinski definition) is 4. The number of anilines is 1. The van der Waals surface area contributed by atoms with Gasteiger partial charge in [0.2, 0.25) is 0 Å². The number of aromatic nitrogens is 1. The van der Waals surface area contributed by atoms with Crippen molar-refractivity contribution in [1.29, 1.82) is 0 Å². The molecule has 0 saturated heterocycles. The molecule has 4 nitrogen and oxygen atoms in total. The van der Waals surface area contributed by atoms with Crippen molar-refractivity contribution in [3.8, 4) is 0 Å². The van der Waals surface area contributed by atoms with Gasteiger partial charge in [-0.1, -0.05) is 24.3 Å². The van der Waals surface area contributed by atoms with Crippen molar-refractivity contribution in [2.24, 2.45) is 0 Å². The zero-order valence-corrected chi connectivity index (χ0v) is 12.0. The molecular weight excluding hydrogens is 264 g/mol. The Balaban J connectivity index is 1.78. The van der Waals surface area contributed by atoms with E-state index in [1.807, 2.05) is 6.07 Å². The normalized spacial score (nSPS) is 13.8. The van der Waals surface area contributed by atoms with Crippen LogP contribution < -0.4 is 5.32 Å². The first-order chi connectivity index (χ1) is 10.3. The van der Waals surface area contributed by atoms with E-state index in [0.29, 0.717) is 23.7 Å². The van der Waals surface area contributed by atoms with Crippen molar-refractivity contribution < 1.29 is 9.53 Å². The SMILES string of the molecule is COC(=O)c1ccncc1NCc1ccccc1C1CC1. The summed E-state index contributed by atoms with van der Waals surface area (Å²) in [5, 5.41) is 3.30. The van der Waals surface area contributed by atoms with Crippen molar-refractivity contribution in [3.63, 3.8) is 0 Å². The molecule has 0 unspecified atom stereocenters. The molecule has 1 aromatic heterocycles. The molecule has 108 valence electrons. The highest BCUT2D eigenvalue weighted by molar-refractivity contribution is 5.95. The first-order valence-corrected chi connectivity index (χ1v) is 7.13. The maximum absolute atomic E-state index is 11.7. The van der Waals surface area contributed by atoms with Crippen LogP contribution in [0.3, 0.4) is 0 Å². The number of esters is 1. The third-order valence-corrected chi connectivity index (χ3v) is 3.77. The quantitative estimate of drug-likeness (QED) is 0.854. The predicted molar refractivity (Wildman–Crippen MR) is 81.3 cm³/mol. The molecule has 21 heavy (non-hydrogen) atoms. The summed E-state index contributed by atoms with van der Waals surface area (Å²) in [7, 11) is 1.38. The Morgan fingerprint density at radius 2 is 2.14 bits per heavy atom. The zero-order valence-electron chi connectivity index (χ0n) is 12.0. The summed E-state index contributed by atoms with van der Waals surface area (Å²) < 4.78 is 4.79. The Labute approximate surface area is 124 Å². The fourth-order valence-corrected chi connectivity index (χ4v) is 2.50. The molecule has 0 spiro atoms. The van der Waals surface area contributed by atoms with Gasteiger partial charge in [-0.05, 0) is 36.0 Å². The summed E-state index contributed by atoms with van der Waals surface area (Å²) in [6.45, 7) is 0.683. The molecule has 1 fully saturated rings. The van der Waals surface area contributed by atoms with E-state index >= 15 is 0 Å². The van der Waals surface area contributed by atoms with Crippen molar-refractivity contribution in [2.75, 3.05) is 12.4 Å². The van der Waals surface area contributed by atoms with Gasteiger partial charge < -0.3 is 10.1 Å². The number of pyridine rings is 1. The van der Waals surface area contributed by atoms with Gasteiger partial charge in [0.05, 0.1) is 24.6 Å². The van der Waals surface area contributed by atoms with Gasteiger partial charge >= 0.3 is 5.97 Å². The van der Waals surface area contributed by atoms with Gasteiger partial charge in [-0.15, -0.1) is 0 Å². The number of carbonyl (C=O) groups excluding carboxylic acids is 1. The van der Waals surface area contributed by atoms with Crippen LogP contribution >= 0.6 is 0 Å². The molecule has 0 atom stereocenters. The maximum Gasteiger partial charge on any atom is 0.340 e. The smallest absolute Gasteiger partial charge is 0.340 e. The molecule has 0 aliphatic heterocycles. The molecule has 1 saturated carbocycles. The number of carbonyl (C=O) groups is 1. The summed E-state index contributed by atoms with van der Waals surface area (Å²) in [4.78, 5) is 15.8. The highest BCUT2D eigenvalue weighted by Crippen LogP contribution is 2.41. The van der Waals surface area contributed by atoms with Crippen molar-refractivity contribution in [3.05, 3.63) is 59.4 Å². The third kappa shape index (κ3) is 3.05. The van der Waals surface area contributed by atoms with E-state index in [1.54, 1.807) is 18.5 Å². The summed E-state index contributed by atoms with van der Waals surface area (Å²) in [5.74, 6) is 0.354. The van der Waals surface area contributed by atoms with Gasteiger partial charge in [-0.2, -0.15) is 0 Å². The third-order valence-electron chi connectivity index (χ3n) is 3.77. The van der Waals surface area contributed by atoms with E-state index in [0.717, 1.165) is 0 Å². The molecule has 3 rings (SSSR count). The molecule has 4 heteroatoms. The Morgan fingerprint density at radius 1 is 1.33 bits per heavy atom. The number of methoxy groups -OCH3 is 1. The lowest BCUT2D eigenvalue weighted by Crippen LogP contribution is -2.09. The number of ether oxygens (including phenoxy) is 1. The van der Waals surface area contributed by atoms with Gasteiger partial charge in [0.25, 0.3) is 0 Å². The summed E-state index contributed by atoms with van der Waals surface area (Å²) in [6, 6.07) is 10.1. The summed E-state index contributed by atoms with van der Waals surface area (Å²) in [6.07, 6.45) is 5.80. The second-order valence-electron chi connectivity index (χ2n) is 5.24. The van der Waals surface area contributed by atoms with Crippen LogP contribution in [0.25, 0.3) is 0 Å². The van der Waals surface area contributed by atoms with Gasteiger partial charge in [0.1, 0.15) is 0 Å². The van der Waals surface area contributed by atoms with Crippen LogP contribution in [0.5, 0.6) is 0 Å². The molecule has 2 aromatic rings. The van der Waals surface area contributed by atoms with Crippen molar-refractivity contribution in [2.45, 2.75) is 25.3 Å². The van der Waals surface area contributed by atoms with E-state index in [1.165, 1.54) is 31.1 Å². The highest BCUT2D eigenvalue weighted by atomic mass is 16.5. The van der Waals surface area contributed by atoms with Crippen molar-refractivity contribution >= 4 is 11.7 Å². The van der Waals surface area contributed by atoms with E-state index in [2.05, 4.69) is 28.5 Å². The van der Waals surface area contributed by atoms with Crippen LogP contribution in [0.2, 0.25) is 0 Å². The first-order valence-electron chi connectivity index (χ1n) is 7.13. The minimum Gasteiger partial charge on any atom is -0.465 e. The average Bonchev–Trinajstić information content (AvgIpc) is 3.37. The molecule has 1 aromatic carbocycles. The minimum atomic E-state index is -0.352. The standard InChI is InChI=1S/C17H18N2O2/c1-21-17(20)15-8-9-18-11-16(15)19-10-13-4-2-3-5-14(13)12-6-7-12/h2-5,8-9,11-12,19H,6-7,10H2,1H3. The lowest BCUT2D eigenvalue weighted by Gasteiger charge is -2.13. The number of hydrogen-bond donors (Lipinski definition) is 1. The lowest BCUT2D eigenvalue weighted by atomic mass is 10.0. The summed E-state index contributed by atoms with van der Waals surface area (Å²) in [5.41, 5.74) is 3.90. The molecule has 1 aliphatic carbocycles. The summed E-state index contributed by atoms with van der Waals surface area (Å²) >= 11 is 0. The minimum absolute atomic E-state index is 0.352. The number of nitrogens with one attached hydrogen (secondary N) is 1. The Morgan fingerprint density at radius 3 is 2.90 bits per heavy atom. The van der Waals surface area contributed by atoms with E-state index in [9.17, 15) is 4.79 Å². The Bertz CT molecular complexity index is 651. The second kappa shape index (κ2) is 5.95. The second-order valence-corrected chi connectivity index (χ2v) is 5.24. The predicted octanol–water partition coefficient (Wildman–Crippen LogP) is 3.36. The topological polar surface area (TPSA) is 51.2 Å². The van der Waals surface area contributed by atoms with E-state index in [-0.39, 0.29) is 5.97 Å². The van der Waals surface area contributed by atoms with Crippen LogP contribution in [0.1, 0.15) is 40.2 Å². The van der Waals surface area contributed by atoms with Gasteiger partial charge in [-0.25, -0.2) is 4.79 Å². The number of benzene rings is 1. The monoisotopic (exact) mass is 282 g/mol. The molecule has 0 bridgehead atoms. The van der Waals surface area contributed by atoms with Gasteiger partial charge in [0, 0.05) is 12.7 Å². The van der Waals surface area contributed by atoms with Crippen LogP contribution in [-0.2, 0) is 11.3 Å². The Kier molecular flexibility index (Phi) is 3.86. The van der Waals surface area contributed by atoms with Crippen molar-refractivity contribution in [1.82, 2.24) is 4.98 Å². The van der Waals surface area contributed by atoms with Gasteiger partial charge in [-0.3, -0.25) is 4.98 Å². The Hall–Kier alpha value is -2.36. The largest absolute Gasteiger partial charge is 0.465 e. The molecular formula is C17H18N2O2. The fourth-order valence-electron chi connectivity index (χ4n) is 2.50. The molecule has 0 amide bonds. The van der Waals surface area contributed by atoms with Crippen LogP contribution in [0, 0.1) is 0 Å². The van der Waals surface area contributed by atoms with E-state index in [4.69, 9.17) is 4.74 Å². The molecule has 1 aliphatic rings. The van der Waals surface area contributed by atoms with Crippen LogP contribution in [0.15, 0.2) is 42.7 Å². The average molecular weight is 282 g/mol. The van der Waals surface area contributed by atoms with E-state index < -0.39 is 0 Å². The van der Waals surface area contributed by atoms with Crippen LogP contribution in [-0.4, -0.2) is 18.1 Å². The molecule has 1 N–H and O–H groups in total. The molecule has 0 radical (unpaired) electrons. The number of rotatable bonds is 5. The fraction of sp³-hybridized carbons (Fsp3) is 0.294. The maximum atomic E-state index is 11.7. The first kappa shape index (κ1) is 13.6. The zero-order chi connectivity index (χ0) is 14.7. The lowest BCUT2D eigenvalue weighted by molar-refractivity contribution is 0.0601. The van der Waals surface area contributed by atoms with Gasteiger partial charge in [0.15, 0.2) is 0 Å². The highest BCUT2D eigenvalue weighted by Gasteiger charge is 2.25. The number of nitrogens with zero attached hydrogens (tertiary/aromatic N) is 1. The van der Waals surface area contributed by atoms with Crippen LogP contribution in [0.4, 0.5) is 5.69 Å².